The molecule has 0 radical (unpaired) electrons. The first-order chi connectivity index (χ1) is 21.3. The first-order valence-corrected chi connectivity index (χ1v) is 14.9. The van der Waals surface area contributed by atoms with Crippen LogP contribution in [0, 0.1) is 0 Å². The number of benzene rings is 2. The summed E-state index contributed by atoms with van der Waals surface area (Å²) < 4.78 is 26.8. The molecule has 0 spiro atoms. The van der Waals surface area contributed by atoms with Crippen molar-refractivity contribution in [1.82, 2.24) is 0 Å². The van der Waals surface area contributed by atoms with Gasteiger partial charge in [-0.1, -0.05) is 37.8 Å². The molecule has 0 aromatic heterocycles. The first kappa shape index (κ1) is 33.8. The Balaban J connectivity index is 1.29. The van der Waals surface area contributed by atoms with E-state index >= 15 is 0 Å². The molecular formula is C35H40O9. The predicted molar refractivity (Wildman–Crippen MR) is 165 cm³/mol. The highest BCUT2D eigenvalue weighted by Gasteiger charge is 2.20. The van der Waals surface area contributed by atoms with E-state index in [1.54, 1.807) is 42.5 Å². The monoisotopic (exact) mass is 604 g/mol. The van der Waals surface area contributed by atoms with Crippen LogP contribution in [0.1, 0.15) is 67.3 Å². The minimum absolute atomic E-state index is 0.0595. The van der Waals surface area contributed by atoms with Gasteiger partial charge in [-0.15, -0.1) is 0 Å². The Bertz CT molecular complexity index is 1290. The van der Waals surface area contributed by atoms with E-state index in [2.05, 4.69) is 13.2 Å². The third-order valence-corrected chi connectivity index (χ3v) is 6.70. The van der Waals surface area contributed by atoms with E-state index < -0.39 is 17.9 Å². The Morgan fingerprint density at radius 1 is 0.773 bits per heavy atom. The molecule has 0 saturated heterocycles. The Kier molecular flexibility index (Phi) is 14.4. The van der Waals surface area contributed by atoms with Crippen LogP contribution < -0.4 is 9.47 Å². The van der Waals surface area contributed by atoms with Crippen molar-refractivity contribution in [2.24, 2.45) is 0 Å². The van der Waals surface area contributed by atoms with Crippen LogP contribution in [0.2, 0.25) is 0 Å². The molecular weight excluding hydrogens is 564 g/mol. The number of allylic oxidation sites excluding steroid dienone is 1. The number of rotatable bonds is 18. The second-order valence-corrected chi connectivity index (χ2v) is 10.2. The van der Waals surface area contributed by atoms with Crippen molar-refractivity contribution < 1.29 is 42.9 Å². The Morgan fingerprint density at radius 3 is 1.98 bits per heavy atom. The topological polar surface area (TPSA) is 114 Å². The molecule has 0 unspecified atom stereocenters. The number of esters is 3. The minimum Gasteiger partial charge on any atom is -0.493 e. The normalized spacial score (nSPS) is 13.1. The average molecular weight is 605 g/mol. The second-order valence-electron chi connectivity index (χ2n) is 10.2. The summed E-state index contributed by atoms with van der Waals surface area (Å²) in [5.74, 6) is -0.403. The standard InChI is InChI=1S/C35H40O9/c1-3-33(37)42-23-7-21-41-30-18-14-28(15-19-30)32(36)20-13-27-11-16-29(17-12-27)40-22-8-24-43-35(39)26(2)25-34(38)44-31-9-5-4-6-10-31/h3,11-20,31H,1-2,4-10,21-25H2/b20-13+. The molecule has 0 bridgehead atoms. The highest BCUT2D eigenvalue weighted by Crippen LogP contribution is 2.21. The Hall–Kier alpha value is -4.66. The van der Waals surface area contributed by atoms with Crippen molar-refractivity contribution in [1.29, 1.82) is 0 Å². The molecule has 234 valence electrons. The zero-order chi connectivity index (χ0) is 31.6. The van der Waals surface area contributed by atoms with Gasteiger partial charge >= 0.3 is 17.9 Å². The number of ether oxygens (including phenoxy) is 5. The van der Waals surface area contributed by atoms with Crippen molar-refractivity contribution in [3.63, 3.8) is 0 Å². The van der Waals surface area contributed by atoms with Crippen molar-refractivity contribution in [2.75, 3.05) is 26.4 Å². The van der Waals surface area contributed by atoms with Crippen LogP contribution in [0.5, 0.6) is 11.5 Å². The summed E-state index contributed by atoms with van der Waals surface area (Å²) in [7, 11) is 0. The van der Waals surface area contributed by atoms with Crippen LogP contribution in [-0.4, -0.2) is 56.2 Å². The molecule has 1 saturated carbocycles. The van der Waals surface area contributed by atoms with Crippen molar-refractivity contribution in [2.45, 2.75) is 57.5 Å². The zero-order valence-corrected chi connectivity index (χ0v) is 25.0. The summed E-state index contributed by atoms with van der Waals surface area (Å²) in [6, 6.07) is 14.1. The zero-order valence-electron chi connectivity index (χ0n) is 25.0. The van der Waals surface area contributed by atoms with Crippen LogP contribution >= 0.6 is 0 Å². The maximum atomic E-state index is 12.5. The highest BCUT2D eigenvalue weighted by molar-refractivity contribution is 6.06. The molecule has 1 aliphatic rings. The quantitative estimate of drug-likeness (QED) is 0.0643. The van der Waals surface area contributed by atoms with Crippen molar-refractivity contribution >= 4 is 29.8 Å². The van der Waals surface area contributed by atoms with E-state index in [4.69, 9.17) is 23.7 Å². The highest BCUT2D eigenvalue weighted by atomic mass is 16.5. The van der Waals surface area contributed by atoms with E-state index in [-0.39, 0.29) is 37.1 Å². The molecule has 0 heterocycles. The third kappa shape index (κ3) is 12.7. The fourth-order valence-corrected chi connectivity index (χ4v) is 4.31. The van der Waals surface area contributed by atoms with Gasteiger partial charge in [0.2, 0.25) is 0 Å². The van der Waals surface area contributed by atoms with Crippen molar-refractivity contribution in [3.8, 4) is 11.5 Å². The maximum absolute atomic E-state index is 12.5. The Morgan fingerprint density at radius 2 is 1.36 bits per heavy atom. The molecule has 0 aliphatic heterocycles. The second kappa shape index (κ2) is 18.8. The summed E-state index contributed by atoms with van der Waals surface area (Å²) in [4.78, 5) is 47.7. The van der Waals surface area contributed by atoms with Crippen LogP contribution in [0.25, 0.3) is 6.08 Å². The van der Waals surface area contributed by atoms with Crippen LogP contribution in [-0.2, 0) is 28.6 Å². The smallest absolute Gasteiger partial charge is 0.333 e. The largest absolute Gasteiger partial charge is 0.493 e. The molecule has 0 N–H and O–H groups in total. The fourth-order valence-electron chi connectivity index (χ4n) is 4.31. The molecule has 44 heavy (non-hydrogen) atoms. The number of carbonyl (C=O) groups excluding carboxylic acids is 4. The molecule has 0 atom stereocenters. The van der Waals surface area contributed by atoms with E-state index in [0.717, 1.165) is 37.3 Å². The summed E-state index contributed by atoms with van der Waals surface area (Å²) in [6.07, 6.45) is 10.1. The lowest BCUT2D eigenvalue weighted by Gasteiger charge is -2.21. The lowest BCUT2D eigenvalue weighted by atomic mass is 9.98. The first-order valence-electron chi connectivity index (χ1n) is 14.9. The third-order valence-electron chi connectivity index (χ3n) is 6.70. The SMILES string of the molecule is C=CC(=O)OCCCOc1ccc(C(=O)/C=C/c2ccc(OCCCOC(=O)C(=C)CC(=O)OC3CCCCC3)cc2)cc1. The lowest BCUT2D eigenvalue weighted by Crippen LogP contribution is -2.22. The van der Waals surface area contributed by atoms with Gasteiger partial charge in [0, 0.05) is 30.1 Å². The van der Waals surface area contributed by atoms with Gasteiger partial charge in [-0.05, 0) is 73.7 Å². The van der Waals surface area contributed by atoms with E-state index in [0.29, 0.717) is 43.1 Å². The molecule has 2 aromatic carbocycles. The van der Waals surface area contributed by atoms with Gasteiger partial charge in [0.1, 0.15) is 17.6 Å². The minimum atomic E-state index is -0.610. The summed E-state index contributed by atoms with van der Waals surface area (Å²) in [5.41, 5.74) is 1.44. The summed E-state index contributed by atoms with van der Waals surface area (Å²) in [5, 5.41) is 0. The molecule has 0 amide bonds. The van der Waals surface area contributed by atoms with E-state index in [1.165, 1.54) is 12.5 Å². The lowest BCUT2D eigenvalue weighted by molar-refractivity contribution is -0.151. The predicted octanol–water partition coefficient (Wildman–Crippen LogP) is 6.22. The average Bonchev–Trinajstić information content (AvgIpc) is 3.04. The van der Waals surface area contributed by atoms with Crippen LogP contribution in [0.3, 0.4) is 0 Å². The molecule has 9 heteroatoms. The maximum Gasteiger partial charge on any atom is 0.333 e. The molecule has 2 aromatic rings. The van der Waals surface area contributed by atoms with Crippen LogP contribution in [0.15, 0.2) is 79.4 Å². The van der Waals surface area contributed by atoms with Gasteiger partial charge in [-0.3, -0.25) is 9.59 Å². The fraction of sp³-hybridized carbons (Fsp3) is 0.371. The van der Waals surface area contributed by atoms with E-state index in [1.807, 2.05) is 12.1 Å². The Labute approximate surface area is 258 Å². The van der Waals surface area contributed by atoms with Gasteiger partial charge < -0.3 is 23.7 Å². The van der Waals surface area contributed by atoms with E-state index in [9.17, 15) is 19.2 Å². The summed E-state index contributed by atoms with van der Waals surface area (Å²) >= 11 is 0. The van der Waals surface area contributed by atoms with Gasteiger partial charge in [0.05, 0.1) is 32.8 Å². The van der Waals surface area contributed by atoms with Gasteiger partial charge in [0.25, 0.3) is 0 Å². The number of ketones is 1. The number of hydrogen-bond acceptors (Lipinski definition) is 9. The van der Waals surface area contributed by atoms with Gasteiger partial charge in [-0.2, -0.15) is 0 Å². The van der Waals surface area contributed by atoms with Gasteiger partial charge in [-0.25, -0.2) is 9.59 Å². The molecule has 9 nitrogen and oxygen atoms in total. The van der Waals surface area contributed by atoms with Crippen LogP contribution in [0.4, 0.5) is 0 Å². The molecule has 1 fully saturated rings. The molecule has 3 rings (SSSR count). The number of carbonyl (C=O) groups is 4. The van der Waals surface area contributed by atoms with Crippen molar-refractivity contribution in [3.05, 3.63) is 90.5 Å². The summed E-state index contributed by atoms with van der Waals surface area (Å²) in [6.45, 7) is 8.09. The van der Waals surface area contributed by atoms with Gasteiger partial charge in [0.15, 0.2) is 5.78 Å². The molecule has 1 aliphatic carbocycles. The number of hydrogen-bond donors (Lipinski definition) is 0.